The first-order valence-electron chi connectivity index (χ1n) is 11.2. The number of anilines is 1. The molecule has 5 aromatic rings. The molecule has 8 nitrogen and oxygen atoms in total. The number of aliphatic hydroxyl groups is 1. The maximum Gasteiger partial charge on any atom is 0.199 e. The molecule has 0 amide bonds. The summed E-state index contributed by atoms with van der Waals surface area (Å²) in [6, 6.07) is 6.52. The van der Waals surface area contributed by atoms with Gasteiger partial charge in [0.1, 0.15) is 10.6 Å². The molecule has 1 aliphatic rings. The van der Waals surface area contributed by atoms with E-state index in [4.69, 9.17) is 9.97 Å². The molecule has 0 spiro atoms. The second kappa shape index (κ2) is 7.93. The number of aromatic amines is 1. The molecule has 0 saturated heterocycles. The Hall–Kier alpha value is -3.30. The van der Waals surface area contributed by atoms with Gasteiger partial charge in [-0.05, 0) is 43.7 Å². The summed E-state index contributed by atoms with van der Waals surface area (Å²) in [6.45, 7) is 2.39. The number of fused-ring (bicyclic) bond motifs is 2. The van der Waals surface area contributed by atoms with Gasteiger partial charge in [0.25, 0.3) is 0 Å². The summed E-state index contributed by atoms with van der Waals surface area (Å²) in [5.41, 5.74) is 3.32. The van der Waals surface area contributed by atoms with E-state index in [9.17, 15) is 5.11 Å². The van der Waals surface area contributed by atoms with Crippen molar-refractivity contribution in [3.8, 4) is 22.1 Å². The van der Waals surface area contributed by atoms with Crippen molar-refractivity contribution in [1.29, 1.82) is 0 Å². The smallest absolute Gasteiger partial charge is 0.199 e. The Morgan fingerprint density at radius 3 is 2.97 bits per heavy atom. The number of nitrogens with one attached hydrogen (secondary N) is 2. The van der Waals surface area contributed by atoms with Crippen molar-refractivity contribution >= 4 is 38.3 Å². The van der Waals surface area contributed by atoms with Gasteiger partial charge in [0.15, 0.2) is 11.6 Å². The van der Waals surface area contributed by atoms with Crippen LogP contribution in [0.5, 0.6) is 0 Å². The second-order valence-corrected chi connectivity index (χ2v) is 9.83. The highest BCUT2D eigenvalue weighted by molar-refractivity contribution is 7.22. The van der Waals surface area contributed by atoms with E-state index < -0.39 is 0 Å². The average Bonchev–Trinajstić information content (AvgIpc) is 3.60. The van der Waals surface area contributed by atoms with Crippen molar-refractivity contribution in [2.24, 2.45) is 13.0 Å². The fourth-order valence-electron chi connectivity index (χ4n) is 4.91. The van der Waals surface area contributed by atoms with Crippen LogP contribution in [0.1, 0.15) is 24.8 Å². The molecule has 3 N–H and O–H groups in total. The normalized spacial score (nSPS) is 18.5. The summed E-state index contributed by atoms with van der Waals surface area (Å²) >= 11 is 1.68. The topological polar surface area (TPSA) is 105 Å². The monoisotopic (exact) mass is 459 g/mol. The van der Waals surface area contributed by atoms with Gasteiger partial charge in [-0.3, -0.25) is 5.10 Å². The van der Waals surface area contributed by atoms with E-state index >= 15 is 0 Å². The molecule has 4 aromatic heterocycles. The molecule has 4 heterocycles. The Labute approximate surface area is 194 Å². The van der Waals surface area contributed by atoms with Crippen LogP contribution in [0, 0.1) is 12.8 Å². The third-order valence-electron chi connectivity index (χ3n) is 6.68. The van der Waals surface area contributed by atoms with Crippen LogP contribution in [-0.2, 0) is 7.05 Å². The van der Waals surface area contributed by atoms with E-state index in [0.29, 0.717) is 11.7 Å². The number of hydrogen-bond donors (Lipinski definition) is 3. The lowest BCUT2D eigenvalue weighted by atomic mass is 10.0. The number of thiophene rings is 1. The van der Waals surface area contributed by atoms with Crippen LogP contribution in [0.25, 0.3) is 43.2 Å². The van der Waals surface area contributed by atoms with Crippen molar-refractivity contribution < 1.29 is 5.11 Å². The van der Waals surface area contributed by atoms with Gasteiger partial charge in [-0.2, -0.15) is 5.10 Å². The summed E-state index contributed by atoms with van der Waals surface area (Å²) < 4.78 is 1.94. The quantitative estimate of drug-likeness (QED) is 0.357. The zero-order valence-corrected chi connectivity index (χ0v) is 19.4. The number of nitrogens with zero attached hydrogens (tertiary/aromatic N) is 5. The lowest BCUT2D eigenvalue weighted by Crippen LogP contribution is -2.18. The van der Waals surface area contributed by atoms with Crippen molar-refractivity contribution in [2.75, 3.05) is 11.9 Å². The number of aliphatic hydroxyl groups excluding tert-OH is 1. The summed E-state index contributed by atoms with van der Waals surface area (Å²) in [5.74, 6) is 2.56. The fourth-order valence-corrected chi connectivity index (χ4v) is 6.13. The van der Waals surface area contributed by atoms with Crippen LogP contribution in [-0.4, -0.2) is 47.5 Å². The van der Waals surface area contributed by atoms with Crippen LogP contribution in [0.3, 0.4) is 0 Å². The average molecular weight is 460 g/mol. The number of imidazole rings is 1. The van der Waals surface area contributed by atoms with Crippen LogP contribution in [0.4, 0.5) is 5.82 Å². The van der Waals surface area contributed by atoms with Gasteiger partial charge in [0, 0.05) is 47.9 Å². The molecule has 0 radical (unpaired) electrons. The summed E-state index contributed by atoms with van der Waals surface area (Å²) in [7, 11) is 1.95. The van der Waals surface area contributed by atoms with Gasteiger partial charge in [-0.15, -0.1) is 11.3 Å². The van der Waals surface area contributed by atoms with Gasteiger partial charge in [0.05, 0.1) is 17.1 Å². The fraction of sp³-hybridized carbons (Fsp3) is 0.333. The summed E-state index contributed by atoms with van der Waals surface area (Å²) in [4.78, 5) is 16.5. The minimum absolute atomic E-state index is 0.242. The SMILES string of the molecule is Cc1c(-c2cccc3[nH]ncc23)sc2nc(-c3nccn3C)nc(N[C@@H]3CC[C@H](CO)C3)c12. The maximum absolute atomic E-state index is 9.59. The number of H-pyrrole nitrogens is 1. The highest BCUT2D eigenvalue weighted by atomic mass is 32.1. The van der Waals surface area contributed by atoms with E-state index in [-0.39, 0.29) is 12.6 Å². The highest BCUT2D eigenvalue weighted by Gasteiger charge is 2.27. The van der Waals surface area contributed by atoms with Crippen molar-refractivity contribution in [1.82, 2.24) is 29.7 Å². The Kier molecular flexibility index (Phi) is 4.88. The Balaban J connectivity index is 1.53. The first kappa shape index (κ1) is 20.3. The van der Waals surface area contributed by atoms with Crippen LogP contribution < -0.4 is 5.32 Å². The molecule has 0 unspecified atom stereocenters. The molecular formula is C24H25N7OS. The number of rotatable bonds is 5. The van der Waals surface area contributed by atoms with Crippen LogP contribution >= 0.6 is 11.3 Å². The molecule has 33 heavy (non-hydrogen) atoms. The largest absolute Gasteiger partial charge is 0.396 e. The molecule has 0 aliphatic heterocycles. The van der Waals surface area contributed by atoms with Crippen LogP contribution in [0.15, 0.2) is 36.8 Å². The minimum Gasteiger partial charge on any atom is -0.396 e. The predicted molar refractivity (Wildman–Crippen MR) is 131 cm³/mol. The van der Waals surface area contributed by atoms with E-state index in [1.165, 1.54) is 4.88 Å². The predicted octanol–water partition coefficient (Wildman–Crippen LogP) is 4.52. The highest BCUT2D eigenvalue weighted by Crippen LogP contribution is 2.43. The van der Waals surface area contributed by atoms with Crippen LogP contribution in [0.2, 0.25) is 0 Å². The standard InChI is InChI=1S/C24H25N7OS/c1-13-19-21(27-15-7-6-14(10-15)12-32)28-22(23-25-8-9-31(23)2)29-24(19)33-20(13)16-4-3-5-18-17(16)11-26-30-18/h3-5,8-9,11,14-15,32H,6-7,10,12H2,1-2H3,(H,26,30)(H,27,28,29)/t14-,15+/m0/s1. The minimum atomic E-state index is 0.242. The van der Waals surface area contributed by atoms with E-state index in [2.05, 4.69) is 39.6 Å². The third-order valence-corrected chi connectivity index (χ3v) is 7.90. The molecule has 1 aliphatic carbocycles. The first-order chi connectivity index (χ1) is 16.1. The van der Waals surface area contributed by atoms with E-state index in [1.54, 1.807) is 17.5 Å². The zero-order valence-electron chi connectivity index (χ0n) is 18.5. The summed E-state index contributed by atoms with van der Waals surface area (Å²) in [6.07, 6.45) is 8.56. The molecule has 2 atom stereocenters. The maximum atomic E-state index is 9.59. The lowest BCUT2D eigenvalue weighted by molar-refractivity contribution is 0.229. The zero-order chi connectivity index (χ0) is 22.5. The molecule has 1 saturated carbocycles. The second-order valence-electron chi connectivity index (χ2n) is 8.83. The van der Waals surface area contributed by atoms with Gasteiger partial charge < -0.3 is 15.0 Å². The van der Waals surface area contributed by atoms with Gasteiger partial charge in [-0.1, -0.05) is 12.1 Å². The molecule has 6 rings (SSSR count). The molecule has 168 valence electrons. The number of aryl methyl sites for hydroxylation is 2. The number of hydrogen-bond acceptors (Lipinski definition) is 7. The molecule has 1 fully saturated rings. The van der Waals surface area contributed by atoms with Crippen molar-refractivity contribution in [2.45, 2.75) is 32.2 Å². The van der Waals surface area contributed by atoms with E-state index in [0.717, 1.165) is 63.2 Å². The Morgan fingerprint density at radius 2 is 2.18 bits per heavy atom. The molecule has 0 bridgehead atoms. The Bertz CT molecular complexity index is 1470. The van der Waals surface area contributed by atoms with Crippen molar-refractivity contribution in [3.05, 3.63) is 42.4 Å². The van der Waals surface area contributed by atoms with Gasteiger partial charge in [-0.25, -0.2) is 15.0 Å². The molecular weight excluding hydrogens is 434 g/mol. The van der Waals surface area contributed by atoms with Gasteiger partial charge in [0.2, 0.25) is 0 Å². The lowest BCUT2D eigenvalue weighted by Gasteiger charge is -2.15. The number of aromatic nitrogens is 6. The number of benzene rings is 1. The molecule has 1 aromatic carbocycles. The van der Waals surface area contributed by atoms with E-state index in [1.807, 2.05) is 30.1 Å². The third kappa shape index (κ3) is 3.39. The first-order valence-corrected chi connectivity index (χ1v) is 12.0. The van der Waals surface area contributed by atoms with Gasteiger partial charge >= 0.3 is 0 Å². The Morgan fingerprint density at radius 1 is 1.27 bits per heavy atom. The van der Waals surface area contributed by atoms with Crippen molar-refractivity contribution in [3.63, 3.8) is 0 Å². The summed E-state index contributed by atoms with van der Waals surface area (Å²) in [5, 5.41) is 22.8. The molecule has 9 heteroatoms.